The number of hydrogen-bond donors (Lipinski definition) is 0. The van der Waals surface area contributed by atoms with Crippen LogP contribution in [0.2, 0.25) is 0 Å². The molecule has 0 aliphatic carbocycles. The number of rotatable bonds is 1. The zero-order valence-electron chi connectivity index (χ0n) is 6.99. The Morgan fingerprint density at radius 1 is 1.50 bits per heavy atom. The van der Waals surface area contributed by atoms with Crippen LogP contribution < -0.4 is 0 Å². The molecule has 0 unspecified atom stereocenters. The second kappa shape index (κ2) is 6.57. The average molecular weight is 211 g/mol. The molecular formula is C5H14Ba. The van der Waals surface area contributed by atoms with Gasteiger partial charge in [-0.2, -0.15) is 0 Å². The topological polar surface area (TPSA) is 0 Å². The quantitative estimate of drug-likeness (QED) is 0.581. The molecule has 0 aliphatic heterocycles. The Morgan fingerprint density at radius 3 is 1.67 bits per heavy atom. The van der Waals surface area contributed by atoms with Gasteiger partial charge in [0, 0.05) is 0 Å². The first-order valence-corrected chi connectivity index (χ1v) is 2.27. The van der Waals surface area contributed by atoms with Crippen LogP contribution >= 0.6 is 0 Å². The van der Waals surface area contributed by atoms with Crippen LogP contribution in [-0.4, -0.2) is 48.9 Å². The van der Waals surface area contributed by atoms with Crippen molar-refractivity contribution < 1.29 is 2.85 Å². The van der Waals surface area contributed by atoms with E-state index in [1.807, 2.05) is 0 Å². The Hall–Kier alpha value is 1.57. The molecule has 0 fully saturated rings. The normalized spacial score (nSPS) is 8.00. The van der Waals surface area contributed by atoms with Crippen molar-refractivity contribution in [1.29, 1.82) is 0 Å². The van der Waals surface area contributed by atoms with E-state index in [2.05, 4.69) is 20.8 Å². The van der Waals surface area contributed by atoms with E-state index >= 15 is 0 Å². The Morgan fingerprint density at radius 2 is 1.67 bits per heavy atom. The molecule has 0 spiro atoms. The van der Waals surface area contributed by atoms with E-state index in [0.29, 0.717) is 0 Å². The first-order valence-electron chi connectivity index (χ1n) is 2.27. The zero-order chi connectivity index (χ0) is 4.28. The Bertz CT molecular complexity index is 24.4. The van der Waals surface area contributed by atoms with E-state index in [4.69, 9.17) is 0 Å². The molecule has 0 bridgehead atoms. The molecule has 0 radical (unpaired) electrons. The minimum atomic E-state index is 0. The maximum atomic E-state index is 2.22. The summed E-state index contributed by atoms with van der Waals surface area (Å²) in [6, 6.07) is 0. The molecule has 0 aliphatic rings. The molecule has 0 saturated carbocycles. The molecule has 0 amide bonds. The fraction of sp³-hybridized carbons (Fsp3) is 1.00. The van der Waals surface area contributed by atoms with Crippen LogP contribution in [0.4, 0.5) is 0 Å². The van der Waals surface area contributed by atoms with Gasteiger partial charge in [-0.25, -0.2) is 0 Å². The standard InChI is InChI=1S/C5H12.Ba.2H/c1-4-5(2)3;;;/h5H,4H2,1-3H3;;;/q;+2;2*-1. The summed E-state index contributed by atoms with van der Waals surface area (Å²) in [4.78, 5) is 0. The van der Waals surface area contributed by atoms with Gasteiger partial charge in [0.05, 0.1) is 0 Å². The van der Waals surface area contributed by atoms with Crippen molar-refractivity contribution in [2.75, 3.05) is 0 Å². The third-order valence-electron chi connectivity index (χ3n) is 0.816. The van der Waals surface area contributed by atoms with Crippen molar-refractivity contribution in [1.82, 2.24) is 0 Å². The Labute approximate surface area is 83.7 Å². The molecule has 0 aromatic heterocycles. The Kier molecular flexibility index (Phi) is 11.5. The number of hydrogen-bond acceptors (Lipinski definition) is 0. The molecule has 0 nitrogen and oxygen atoms in total. The summed E-state index contributed by atoms with van der Waals surface area (Å²) in [5.41, 5.74) is 0. The largest absolute Gasteiger partial charge is 2.00 e. The summed E-state index contributed by atoms with van der Waals surface area (Å²) in [6.45, 7) is 6.64. The van der Waals surface area contributed by atoms with Crippen molar-refractivity contribution in [2.24, 2.45) is 5.92 Å². The van der Waals surface area contributed by atoms with Gasteiger partial charge in [0.15, 0.2) is 0 Å². The van der Waals surface area contributed by atoms with Crippen LogP contribution in [0.5, 0.6) is 0 Å². The average Bonchev–Trinajstić information content (AvgIpc) is 1.38. The third-order valence-corrected chi connectivity index (χ3v) is 0.816. The van der Waals surface area contributed by atoms with E-state index < -0.39 is 0 Å². The molecular weight excluding hydrogens is 197 g/mol. The summed E-state index contributed by atoms with van der Waals surface area (Å²) >= 11 is 0. The van der Waals surface area contributed by atoms with Gasteiger partial charge >= 0.3 is 48.9 Å². The van der Waals surface area contributed by atoms with Crippen LogP contribution in [0.25, 0.3) is 0 Å². The van der Waals surface area contributed by atoms with Gasteiger partial charge in [-0.3, -0.25) is 0 Å². The summed E-state index contributed by atoms with van der Waals surface area (Å²) < 4.78 is 0. The summed E-state index contributed by atoms with van der Waals surface area (Å²) in [5.74, 6) is 0.884. The van der Waals surface area contributed by atoms with E-state index in [1.165, 1.54) is 6.42 Å². The fourth-order valence-electron chi connectivity index (χ4n) is 0. The molecule has 0 rings (SSSR count). The van der Waals surface area contributed by atoms with Crippen molar-refractivity contribution in [3.8, 4) is 0 Å². The van der Waals surface area contributed by atoms with Crippen LogP contribution in [0.3, 0.4) is 0 Å². The van der Waals surface area contributed by atoms with Gasteiger partial charge in [-0.05, 0) is 5.92 Å². The summed E-state index contributed by atoms with van der Waals surface area (Å²) in [5, 5.41) is 0. The zero-order valence-corrected chi connectivity index (χ0v) is 9.43. The second-order valence-corrected chi connectivity index (χ2v) is 1.80. The van der Waals surface area contributed by atoms with Gasteiger partial charge in [-0.15, -0.1) is 0 Å². The van der Waals surface area contributed by atoms with E-state index in [0.717, 1.165) is 5.92 Å². The molecule has 0 aromatic rings. The van der Waals surface area contributed by atoms with Crippen LogP contribution in [0, 0.1) is 5.92 Å². The molecule has 0 heterocycles. The summed E-state index contributed by atoms with van der Waals surface area (Å²) in [7, 11) is 0. The third kappa shape index (κ3) is 9.13. The molecule has 0 saturated heterocycles. The molecule has 0 N–H and O–H groups in total. The predicted molar refractivity (Wildman–Crippen MR) is 33.1 cm³/mol. The van der Waals surface area contributed by atoms with Gasteiger partial charge in [0.25, 0.3) is 0 Å². The molecule has 1 heteroatoms. The molecule has 36 valence electrons. The first-order chi connectivity index (χ1) is 2.27. The fourth-order valence-corrected chi connectivity index (χ4v) is 0. The van der Waals surface area contributed by atoms with E-state index in [-0.39, 0.29) is 51.7 Å². The van der Waals surface area contributed by atoms with Gasteiger partial charge in [-0.1, -0.05) is 27.2 Å². The van der Waals surface area contributed by atoms with Crippen LogP contribution in [0.15, 0.2) is 0 Å². The maximum Gasteiger partial charge on any atom is 2.00 e. The van der Waals surface area contributed by atoms with Crippen LogP contribution in [0.1, 0.15) is 30.0 Å². The van der Waals surface area contributed by atoms with Gasteiger partial charge in [0.1, 0.15) is 0 Å². The van der Waals surface area contributed by atoms with Crippen LogP contribution in [-0.2, 0) is 0 Å². The van der Waals surface area contributed by atoms with Crippen molar-refractivity contribution in [3.63, 3.8) is 0 Å². The SMILES string of the molecule is CCC(C)C.[Ba+2].[H-].[H-]. The van der Waals surface area contributed by atoms with E-state index in [1.54, 1.807) is 0 Å². The molecule has 0 atom stereocenters. The molecule has 0 aromatic carbocycles. The Balaban J connectivity index is -0.0000000267. The van der Waals surface area contributed by atoms with Crippen molar-refractivity contribution in [2.45, 2.75) is 27.2 Å². The minimum absolute atomic E-state index is 0. The minimum Gasteiger partial charge on any atom is -1.00 e. The van der Waals surface area contributed by atoms with Crippen molar-refractivity contribution in [3.05, 3.63) is 0 Å². The smallest absolute Gasteiger partial charge is 1.00 e. The van der Waals surface area contributed by atoms with Gasteiger partial charge in [0.2, 0.25) is 0 Å². The monoisotopic (exact) mass is 212 g/mol. The first kappa shape index (κ1) is 10.5. The summed E-state index contributed by atoms with van der Waals surface area (Å²) in [6.07, 6.45) is 1.31. The second-order valence-electron chi connectivity index (χ2n) is 1.80. The van der Waals surface area contributed by atoms with Gasteiger partial charge < -0.3 is 2.85 Å². The predicted octanol–water partition coefficient (Wildman–Crippen LogP) is 1.90. The van der Waals surface area contributed by atoms with Crippen molar-refractivity contribution >= 4 is 48.9 Å². The maximum absolute atomic E-state index is 2.22. The van der Waals surface area contributed by atoms with E-state index in [9.17, 15) is 0 Å². The molecule has 6 heavy (non-hydrogen) atoms.